The number of rotatable bonds is 10. The second kappa shape index (κ2) is 13.7. The summed E-state index contributed by atoms with van der Waals surface area (Å²) in [6, 6.07) is 12.4. The molecule has 2 aromatic carbocycles. The van der Waals surface area contributed by atoms with Crippen LogP contribution in [0.2, 0.25) is 0 Å². The first kappa shape index (κ1) is 34.8. The quantitative estimate of drug-likeness (QED) is 0.0765. The first-order valence-corrected chi connectivity index (χ1v) is 15.3. The average Bonchev–Trinajstić information content (AvgIpc) is 3.40. The van der Waals surface area contributed by atoms with E-state index in [2.05, 4.69) is 20.0 Å². The number of ether oxygens (including phenoxy) is 3. The molecule has 254 valence electrons. The van der Waals surface area contributed by atoms with E-state index in [9.17, 15) is 36.4 Å². The highest BCUT2D eigenvalue weighted by atomic mass is 32.2. The van der Waals surface area contributed by atoms with Crippen molar-refractivity contribution in [3.05, 3.63) is 71.1 Å². The maximum atomic E-state index is 13.5. The van der Waals surface area contributed by atoms with Gasteiger partial charge in [-0.25, -0.2) is 27.4 Å². The van der Waals surface area contributed by atoms with Crippen LogP contribution in [0.1, 0.15) is 32.0 Å². The number of hydrogen-bond donors (Lipinski definition) is 1. The number of carbonyl (C=O) groups is 2. The van der Waals surface area contributed by atoms with Crippen molar-refractivity contribution in [2.24, 2.45) is 11.2 Å². The molecule has 1 amide bonds. The lowest BCUT2D eigenvalue weighted by molar-refractivity contribution is -0.727. The Labute approximate surface area is 267 Å². The zero-order valence-electron chi connectivity index (χ0n) is 25.6. The summed E-state index contributed by atoms with van der Waals surface area (Å²) in [6.07, 6.45) is -7.00. The highest BCUT2D eigenvalue weighted by molar-refractivity contribution is 7.90. The van der Waals surface area contributed by atoms with Crippen LogP contribution in [0.15, 0.2) is 64.8 Å². The van der Waals surface area contributed by atoms with Crippen molar-refractivity contribution < 1.29 is 55.2 Å². The molecular formula is C28H31F3N6O9S. The van der Waals surface area contributed by atoms with E-state index in [4.69, 9.17) is 9.47 Å². The van der Waals surface area contributed by atoms with Gasteiger partial charge in [-0.15, -0.1) is 5.01 Å². The molecule has 1 aliphatic rings. The van der Waals surface area contributed by atoms with Gasteiger partial charge in [-0.1, -0.05) is 29.8 Å². The number of amides is 1. The summed E-state index contributed by atoms with van der Waals surface area (Å²) in [4.78, 5) is 28.0. The van der Waals surface area contributed by atoms with E-state index in [1.54, 1.807) is 49.8 Å². The average molecular weight is 685 g/mol. The van der Waals surface area contributed by atoms with E-state index in [1.807, 2.05) is 6.92 Å². The summed E-state index contributed by atoms with van der Waals surface area (Å²) in [6.45, 7) is 6.04. The standard InChI is InChI=1S/C28H31F3N6O9S/c1-18-5-7-20(8-6-18)23-13-24(28(29,30)31)32-36(23)21-9-11-22(12-10-21)47(41,42)33-25(38)43-16-19-14-35(15-19)37(40)34-45-17-44-26(39)46-27(2,3)4/h5-13,19H,14-17H2,1-4H3,(H,33,38)/b37-34-. The number of halogens is 3. The molecule has 0 unspecified atom stereocenters. The number of alkyl halides is 3. The van der Waals surface area contributed by atoms with Crippen LogP contribution >= 0.6 is 0 Å². The van der Waals surface area contributed by atoms with Crippen molar-refractivity contribution in [2.75, 3.05) is 26.5 Å². The number of benzene rings is 2. The Morgan fingerprint density at radius 3 is 2.30 bits per heavy atom. The Kier molecular flexibility index (Phi) is 10.2. The van der Waals surface area contributed by atoms with Crippen LogP contribution in [0.4, 0.5) is 22.8 Å². The van der Waals surface area contributed by atoms with Gasteiger partial charge in [-0.05, 0) is 58.0 Å². The molecule has 1 aromatic heterocycles. The first-order valence-electron chi connectivity index (χ1n) is 13.9. The van der Waals surface area contributed by atoms with E-state index in [0.29, 0.717) is 5.56 Å². The highest BCUT2D eigenvalue weighted by Crippen LogP contribution is 2.33. The van der Waals surface area contributed by atoms with E-state index in [1.165, 1.54) is 17.1 Å². The highest BCUT2D eigenvalue weighted by Gasteiger charge is 2.36. The molecule has 2 heterocycles. The summed E-state index contributed by atoms with van der Waals surface area (Å²) in [5, 5.41) is 20.0. The van der Waals surface area contributed by atoms with Gasteiger partial charge < -0.3 is 24.3 Å². The van der Waals surface area contributed by atoms with Crippen LogP contribution < -0.4 is 4.72 Å². The fourth-order valence-electron chi connectivity index (χ4n) is 4.07. The number of aryl methyl sites for hydroxylation is 1. The number of hydrazine groups is 1. The predicted octanol–water partition coefficient (Wildman–Crippen LogP) is 4.93. The second-order valence-corrected chi connectivity index (χ2v) is 13.0. The Morgan fingerprint density at radius 2 is 1.70 bits per heavy atom. The molecule has 0 aliphatic carbocycles. The van der Waals surface area contributed by atoms with Gasteiger partial charge in [0.2, 0.25) is 5.28 Å². The van der Waals surface area contributed by atoms with Crippen LogP contribution in [0, 0.1) is 18.0 Å². The molecule has 0 bridgehead atoms. The molecule has 3 aromatic rings. The van der Waals surface area contributed by atoms with Crippen LogP contribution in [0.25, 0.3) is 16.9 Å². The van der Waals surface area contributed by atoms with Crippen LogP contribution in [-0.4, -0.2) is 72.5 Å². The summed E-state index contributed by atoms with van der Waals surface area (Å²) in [5.41, 5.74) is -0.249. The Balaban J connectivity index is 1.28. The van der Waals surface area contributed by atoms with Crippen LogP contribution in [0.3, 0.4) is 0 Å². The van der Waals surface area contributed by atoms with Gasteiger partial charge >= 0.3 is 18.4 Å². The zero-order valence-corrected chi connectivity index (χ0v) is 26.4. The van der Waals surface area contributed by atoms with Gasteiger partial charge in [-0.2, -0.15) is 18.3 Å². The maximum Gasteiger partial charge on any atom is 0.511 e. The van der Waals surface area contributed by atoms with E-state index in [-0.39, 0.29) is 46.9 Å². The molecular weight excluding hydrogens is 653 g/mol. The maximum absolute atomic E-state index is 13.5. The fourth-order valence-corrected chi connectivity index (χ4v) is 4.96. The Bertz CT molecular complexity index is 1720. The molecule has 1 aliphatic heterocycles. The number of nitrogens with one attached hydrogen (secondary N) is 1. The minimum atomic E-state index is -4.71. The molecule has 0 atom stereocenters. The summed E-state index contributed by atoms with van der Waals surface area (Å²) >= 11 is 0. The third kappa shape index (κ3) is 9.47. The van der Waals surface area contributed by atoms with Gasteiger partial charge in [0.15, 0.2) is 5.69 Å². The topological polar surface area (TPSA) is 177 Å². The van der Waals surface area contributed by atoms with Gasteiger partial charge in [-0.3, -0.25) is 0 Å². The van der Waals surface area contributed by atoms with Crippen molar-refractivity contribution in [2.45, 2.75) is 44.4 Å². The minimum absolute atomic E-state index is 0.0961. The van der Waals surface area contributed by atoms with Crippen molar-refractivity contribution in [1.29, 1.82) is 0 Å². The monoisotopic (exact) mass is 684 g/mol. The number of aromatic nitrogens is 2. The summed E-state index contributed by atoms with van der Waals surface area (Å²) in [5.74, 6) is -0.328. The van der Waals surface area contributed by atoms with Crippen LogP contribution in [0.5, 0.6) is 0 Å². The minimum Gasteiger partial charge on any atom is -0.569 e. The van der Waals surface area contributed by atoms with Crippen molar-refractivity contribution in [3.8, 4) is 16.9 Å². The SMILES string of the molecule is Cc1ccc(-c2cc(C(F)(F)F)nn2-c2ccc(S(=O)(=O)NC(=O)OCC3CN(/[N+]([O-])=N/OCOC(=O)OC(C)(C)C)C3)cc2)cc1. The molecule has 0 spiro atoms. The lowest BCUT2D eigenvalue weighted by Gasteiger charge is -2.33. The normalized spacial score (nSPS) is 14.3. The van der Waals surface area contributed by atoms with Gasteiger partial charge in [0.05, 0.1) is 40.9 Å². The smallest absolute Gasteiger partial charge is 0.511 e. The lowest BCUT2D eigenvalue weighted by Crippen LogP contribution is -2.52. The van der Waals surface area contributed by atoms with E-state index >= 15 is 0 Å². The Morgan fingerprint density at radius 1 is 1.06 bits per heavy atom. The number of hydrogen-bond acceptors (Lipinski definition) is 11. The largest absolute Gasteiger partial charge is 0.569 e. The van der Waals surface area contributed by atoms with E-state index < -0.39 is 46.5 Å². The van der Waals surface area contributed by atoms with Crippen molar-refractivity contribution in [3.63, 3.8) is 0 Å². The third-order valence-electron chi connectivity index (χ3n) is 6.33. The predicted molar refractivity (Wildman–Crippen MR) is 155 cm³/mol. The Hall–Kier alpha value is -5.07. The summed E-state index contributed by atoms with van der Waals surface area (Å²) < 4.78 is 83.2. The first-order chi connectivity index (χ1) is 21.9. The van der Waals surface area contributed by atoms with Gasteiger partial charge in [0, 0.05) is 11.5 Å². The van der Waals surface area contributed by atoms with Crippen molar-refractivity contribution >= 4 is 22.3 Å². The second-order valence-electron chi connectivity index (χ2n) is 11.3. The van der Waals surface area contributed by atoms with E-state index in [0.717, 1.165) is 28.4 Å². The molecule has 1 fully saturated rings. The molecule has 1 N–H and O–H groups in total. The third-order valence-corrected chi connectivity index (χ3v) is 7.66. The van der Waals surface area contributed by atoms with Gasteiger partial charge in [0.1, 0.15) is 5.60 Å². The molecule has 47 heavy (non-hydrogen) atoms. The molecule has 15 nitrogen and oxygen atoms in total. The molecule has 0 saturated carbocycles. The number of nitrogens with zero attached hydrogens (tertiary/aromatic N) is 5. The zero-order chi connectivity index (χ0) is 34.6. The molecule has 4 rings (SSSR count). The fraction of sp³-hybridized carbons (Fsp3) is 0.393. The van der Waals surface area contributed by atoms with Gasteiger partial charge in [0.25, 0.3) is 16.8 Å². The number of carbonyl (C=O) groups excluding carboxylic acids is 2. The number of sulfonamides is 1. The molecule has 1 saturated heterocycles. The molecule has 19 heteroatoms. The molecule has 0 radical (unpaired) electrons. The van der Waals surface area contributed by atoms with Crippen molar-refractivity contribution in [1.82, 2.24) is 19.5 Å². The van der Waals surface area contributed by atoms with Crippen LogP contribution in [-0.2, 0) is 35.2 Å². The lowest BCUT2D eigenvalue weighted by atomic mass is 10.0. The summed E-state index contributed by atoms with van der Waals surface area (Å²) in [7, 11) is -4.41.